The summed E-state index contributed by atoms with van der Waals surface area (Å²) in [6.07, 6.45) is 0. The maximum atomic E-state index is 12.0. The van der Waals surface area contributed by atoms with Crippen molar-refractivity contribution >= 4 is 23.2 Å². The van der Waals surface area contributed by atoms with Crippen molar-refractivity contribution in [1.82, 2.24) is 10.2 Å². The summed E-state index contributed by atoms with van der Waals surface area (Å²) >= 11 is 0. The molecule has 0 atom stereocenters. The first-order valence-electron chi connectivity index (χ1n) is 7.33. The van der Waals surface area contributed by atoms with Crippen molar-refractivity contribution in [2.45, 2.75) is 19.9 Å². The maximum Gasteiger partial charge on any atom is 0.296 e. The predicted molar refractivity (Wildman–Crippen MR) is 89.1 cm³/mol. The van der Waals surface area contributed by atoms with Gasteiger partial charge in [-0.1, -0.05) is 0 Å². The van der Waals surface area contributed by atoms with E-state index in [0.29, 0.717) is 5.75 Å². The Hall–Kier alpha value is -2.68. The molecule has 0 fully saturated rings. The zero-order valence-electron chi connectivity index (χ0n) is 14.2. The van der Waals surface area contributed by atoms with Crippen molar-refractivity contribution in [2.24, 2.45) is 0 Å². The van der Waals surface area contributed by atoms with Crippen molar-refractivity contribution in [2.75, 3.05) is 32.6 Å². The summed E-state index contributed by atoms with van der Waals surface area (Å²) in [4.78, 5) is 35.6. The third-order valence-electron chi connectivity index (χ3n) is 2.95. The number of hydrogen-bond donors (Lipinski definition) is 2. The predicted octanol–water partition coefficient (Wildman–Crippen LogP) is 0.998. The van der Waals surface area contributed by atoms with Crippen LogP contribution in [0.25, 0.3) is 0 Å². The van der Waals surface area contributed by atoms with E-state index in [0.717, 1.165) is 0 Å². The summed E-state index contributed by atoms with van der Waals surface area (Å²) in [5, 5.41) is 16.3. The second-order valence-electron chi connectivity index (χ2n) is 5.58. The minimum Gasteiger partial charge on any atom is -0.496 e. The molecular weight excluding hydrogens is 316 g/mol. The first kappa shape index (κ1) is 19.4. The smallest absolute Gasteiger partial charge is 0.296 e. The van der Waals surface area contributed by atoms with Crippen molar-refractivity contribution in [3.05, 3.63) is 28.3 Å². The number of nitro benzene ring substituents is 1. The van der Waals surface area contributed by atoms with Crippen molar-refractivity contribution in [1.29, 1.82) is 0 Å². The molecule has 1 aromatic carbocycles. The molecule has 2 amide bonds. The number of amides is 2. The average molecular weight is 338 g/mol. The fraction of sp³-hybridized carbons (Fsp3) is 0.467. The van der Waals surface area contributed by atoms with Gasteiger partial charge in [-0.3, -0.25) is 24.6 Å². The minimum atomic E-state index is -0.599. The highest BCUT2D eigenvalue weighted by Gasteiger charge is 2.18. The molecule has 0 heterocycles. The molecule has 0 bridgehead atoms. The number of carbonyl (C=O) groups excluding carboxylic acids is 2. The van der Waals surface area contributed by atoms with Gasteiger partial charge < -0.3 is 15.4 Å². The number of rotatable bonds is 8. The SMILES string of the molecule is COc1ccc(NC(=O)CN(C)CC(=O)NC(C)C)c([N+](=O)[O-])c1. The number of anilines is 1. The highest BCUT2D eigenvalue weighted by Crippen LogP contribution is 2.28. The Bertz CT molecular complexity index is 618. The van der Waals surface area contributed by atoms with Crippen LogP contribution in [0.15, 0.2) is 18.2 Å². The van der Waals surface area contributed by atoms with E-state index in [-0.39, 0.29) is 36.4 Å². The second-order valence-corrected chi connectivity index (χ2v) is 5.58. The topological polar surface area (TPSA) is 114 Å². The van der Waals surface area contributed by atoms with Crippen molar-refractivity contribution < 1.29 is 19.2 Å². The molecule has 0 aromatic heterocycles. The van der Waals surface area contributed by atoms with Gasteiger partial charge in [-0.05, 0) is 33.0 Å². The van der Waals surface area contributed by atoms with Gasteiger partial charge in [-0.25, -0.2) is 0 Å². The molecule has 0 aliphatic carbocycles. The van der Waals surface area contributed by atoms with Crippen LogP contribution in [0, 0.1) is 10.1 Å². The normalized spacial score (nSPS) is 10.6. The van der Waals surface area contributed by atoms with Gasteiger partial charge in [-0.2, -0.15) is 0 Å². The van der Waals surface area contributed by atoms with E-state index in [2.05, 4.69) is 10.6 Å². The van der Waals surface area contributed by atoms with Crippen LogP contribution in [0.3, 0.4) is 0 Å². The Balaban J connectivity index is 2.68. The minimum absolute atomic E-state index is 0.0154. The summed E-state index contributed by atoms with van der Waals surface area (Å²) in [6, 6.07) is 4.17. The molecule has 0 saturated heterocycles. The maximum absolute atomic E-state index is 12.0. The Morgan fingerprint density at radius 1 is 1.29 bits per heavy atom. The summed E-state index contributed by atoms with van der Waals surface area (Å²) in [5.74, 6) is -0.332. The molecular formula is C15H22N4O5. The van der Waals surface area contributed by atoms with E-state index in [4.69, 9.17) is 4.74 Å². The van der Waals surface area contributed by atoms with Crippen LogP contribution in [0.1, 0.15) is 13.8 Å². The lowest BCUT2D eigenvalue weighted by Crippen LogP contribution is -2.41. The number of likely N-dealkylation sites (N-methyl/N-ethyl adjacent to an activating group) is 1. The Morgan fingerprint density at radius 3 is 2.46 bits per heavy atom. The average Bonchev–Trinajstić information content (AvgIpc) is 2.45. The summed E-state index contributed by atoms with van der Waals surface area (Å²) in [7, 11) is 3.01. The molecule has 0 aliphatic rings. The first-order valence-corrected chi connectivity index (χ1v) is 7.33. The van der Waals surface area contributed by atoms with Gasteiger partial charge in [0.25, 0.3) is 5.69 Å². The van der Waals surface area contributed by atoms with Gasteiger partial charge in [0.1, 0.15) is 11.4 Å². The number of ether oxygens (including phenoxy) is 1. The number of nitrogens with one attached hydrogen (secondary N) is 2. The van der Waals surface area contributed by atoms with E-state index in [1.807, 2.05) is 13.8 Å². The van der Waals surface area contributed by atoms with E-state index in [9.17, 15) is 19.7 Å². The molecule has 1 aromatic rings. The second kappa shape index (κ2) is 8.82. The van der Waals surface area contributed by atoms with Crippen LogP contribution < -0.4 is 15.4 Å². The first-order chi connectivity index (χ1) is 11.2. The quantitative estimate of drug-likeness (QED) is 0.540. The van der Waals surface area contributed by atoms with Crippen LogP contribution in [0.5, 0.6) is 5.75 Å². The third kappa shape index (κ3) is 6.21. The van der Waals surface area contributed by atoms with Crippen LogP contribution in [0.2, 0.25) is 0 Å². The molecule has 24 heavy (non-hydrogen) atoms. The number of hydrogen-bond acceptors (Lipinski definition) is 6. The highest BCUT2D eigenvalue weighted by molar-refractivity contribution is 5.94. The summed E-state index contributed by atoms with van der Waals surface area (Å²) in [6.45, 7) is 3.66. The van der Waals surface area contributed by atoms with E-state index in [1.165, 1.54) is 30.2 Å². The standard InChI is InChI=1S/C15H22N4O5/c1-10(2)16-14(20)8-18(3)9-15(21)17-12-6-5-11(24-4)7-13(12)19(22)23/h5-7,10H,8-9H2,1-4H3,(H,16,20)(H,17,21). The molecule has 9 nitrogen and oxygen atoms in total. The number of methoxy groups -OCH3 is 1. The van der Waals surface area contributed by atoms with Crippen molar-refractivity contribution in [3.63, 3.8) is 0 Å². The lowest BCUT2D eigenvalue weighted by Gasteiger charge is -2.17. The Morgan fingerprint density at radius 2 is 1.92 bits per heavy atom. The van der Waals surface area contributed by atoms with E-state index in [1.54, 1.807) is 7.05 Å². The Labute approximate surface area is 140 Å². The van der Waals surface area contributed by atoms with Crippen LogP contribution in [0.4, 0.5) is 11.4 Å². The fourth-order valence-electron chi connectivity index (χ4n) is 2.00. The third-order valence-corrected chi connectivity index (χ3v) is 2.95. The zero-order valence-corrected chi connectivity index (χ0v) is 14.2. The van der Waals surface area contributed by atoms with E-state index < -0.39 is 10.8 Å². The monoisotopic (exact) mass is 338 g/mol. The highest BCUT2D eigenvalue weighted by atomic mass is 16.6. The summed E-state index contributed by atoms with van der Waals surface area (Å²) < 4.78 is 4.94. The van der Waals surface area contributed by atoms with Gasteiger partial charge in [0.15, 0.2) is 0 Å². The van der Waals surface area contributed by atoms with Gasteiger partial charge in [0.2, 0.25) is 11.8 Å². The fourth-order valence-corrected chi connectivity index (χ4v) is 2.00. The van der Waals surface area contributed by atoms with Crippen LogP contribution in [-0.4, -0.2) is 54.9 Å². The molecule has 0 radical (unpaired) electrons. The van der Waals surface area contributed by atoms with Gasteiger partial charge in [-0.15, -0.1) is 0 Å². The Kier molecular flexibility index (Phi) is 7.12. The van der Waals surface area contributed by atoms with Gasteiger partial charge in [0, 0.05) is 6.04 Å². The number of benzene rings is 1. The zero-order chi connectivity index (χ0) is 18.3. The van der Waals surface area contributed by atoms with Gasteiger partial charge >= 0.3 is 0 Å². The number of nitrogens with zero attached hydrogens (tertiary/aromatic N) is 2. The van der Waals surface area contributed by atoms with Crippen LogP contribution in [-0.2, 0) is 9.59 Å². The molecule has 0 spiro atoms. The van der Waals surface area contributed by atoms with Crippen LogP contribution >= 0.6 is 0 Å². The van der Waals surface area contributed by atoms with Crippen molar-refractivity contribution in [3.8, 4) is 5.75 Å². The molecule has 0 unspecified atom stereocenters. The van der Waals surface area contributed by atoms with Gasteiger partial charge in [0.05, 0.1) is 31.2 Å². The number of carbonyl (C=O) groups is 2. The van der Waals surface area contributed by atoms with E-state index >= 15 is 0 Å². The lowest BCUT2D eigenvalue weighted by atomic mass is 10.2. The molecule has 1 rings (SSSR count). The molecule has 132 valence electrons. The summed E-state index contributed by atoms with van der Waals surface area (Å²) in [5.41, 5.74) is -0.186. The molecule has 9 heteroatoms. The lowest BCUT2D eigenvalue weighted by molar-refractivity contribution is -0.384. The largest absolute Gasteiger partial charge is 0.496 e. The molecule has 0 aliphatic heterocycles. The molecule has 2 N–H and O–H groups in total. The number of nitro groups is 1. The molecule has 0 saturated carbocycles.